The van der Waals surface area contributed by atoms with Gasteiger partial charge in [0, 0.05) is 23.1 Å². The van der Waals surface area contributed by atoms with Gasteiger partial charge in [-0.25, -0.2) is 4.39 Å². The number of halogens is 2. The number of benzene rings is 1. The van der Waals surface area contributed by atoms with Crippen molar-refractivity contribution in [1.29, 1.82) is 0 Å². The molecule has 1 aliphatic heterocycles. The monoisotopic (exact) mass is 344 g/mol. The summed E-state index contributed by atoms with van der Waals surface area (Å²) in [7, 11) is 1.85. The minimum absolute atomic E-state index is 0.0240. The maximum Gasteiger partial charge on any atom is 0.128 e. The van der Waals surface area contributed by atoms with Crippen molar-refractivity contribution in [1.82, 2.24) is 10.2 Å². The van der Waals surface area contributed by atoms with Crippen LogP contribution in [-0.4, -0.2) is 44.3 Å². The lowest BCUT2D eigenvalue weighted by atomic mass is 9.99. The van der Waals surface area contributed by atoms with Gasteiger partial charge in [-0.15, -0.1) is 0 Å². The van der Waals surface area contributed by atoms with E-state index in [4.69, 9.17) is 4.74 Å². The molecule has 0 bridgehead atoms. The highest BCUT2D eigenvalue weighted by Gasteiger charge is 2.29. The number of likely N-dealkylation sites (N-methyl/N-ethyl adjacent to an activating group) is 1. The van der Waals surface area contributed by atoms with Crippen LogP contribution in [0.2, 0.25) is 0 Å². The van der Waals surface area contributed by atoms with Gasteiger partial charge in [-0.1, -0.05) is 22.9 Å². The molecule has 0 saturated carbocycles. The van der Waals surface area contributed by atoms with Crippen molar-refractivity contribution >= 4 is 15.9 Å². The molecule has 1 aromatic carbocycles. The van der Waals surface area contributed by atoms with Crippen molar-refractivity contribution in [3.8, 4) is 0 Å². The Morgan fingerprint density at radius 2 is 2.35 bits per heavy atom. The number of ether oxygens (including phenoxy) is 1. The topological polar surface area (TPSA) is 24.5 Å². The molecular weight excluding hydrogens is 323 g/mol. The fourth-order valence-electron chi connectivity index (χ4n) is 2.75. The Kier molecular flexibility index (Phi) is 5.96. The summed E-state index contributed by atoms with van der Waals surface area (Å²) in [6.07, 6.45) is 1.10. The summed E-state index contributed by atoms with van der Waals surface area (Å²) in [4.78, 5) is 2.38. The summed E-state index contributed by atoms with van der Waals surface area (Å²) in [5.41, 5.74) is 0.658. The van der Waals surface area contributed by atoms with Crippen LogP contribution in [0.3, 0.4) is 0 Å². The van der Waals surface area contributed by atoms with Gasteiger partial charge in [-0.3, -0.25) is 4.90 Å². The van der Waals surface area contributed by atoms with Gasteiger partial charge in [0.1, 0.15) is 5.82 Å². The molecule has 1 heterocycles. The van der Waals surface area contributed by atoms with Crippen LogP contribution in [0.5, 0.6) is 0 Å². The van der Waals surface area contributed by atoms with Crippen LogP contribution in [0.15, 0.2) is 22.7 Å². The van der Waals surface area contributed by atoms with Crippen molar-refractivity contribution in [2.24, 2.45) is 0 Å². The van der Waals surface area contributed by atoms with E-state index in [1.165, 1.54) is 6.07 Å². The zero-order valence-corrected chi connectivity index (χ0v) is 13.6. The second-order valence-electron chi connectivity index (χ2n) is 5.14. The Bertz CT molecular complexity index is 442. The van der Waals surface area contributed by atoms with Gasteiger partial charge >= 0.3 is 0 Å². The molecule has 1 aliphatic rings. The van der Waals surface area contributed by atoms with Gasteiger partial charge in [0.2, 0.25) is 0 Å². The Labute approximate surface area is 128 Å². The van der Waals surface area contributed by atoms with Crippen LogP contribution in [0.1, 0.15) is 24.9 Å². The first-order valence-corrected chi connectivity index (χ1v) is 7.91. The van der Waals surface area contributed by atoms with E-state index in [-0.39, 0.29) is 18.0 Å². The van der Waals surface area contributed by atoms with Crippen LogP contribution in [-0.2, 0) is 4.74 Å². The molecule has 1 N–H and O–H groups in total. The van der Waals surface area contributed by atoms with Crippen molar-refractivity contribution in [2.45, 2.75) is 25.5 Å². The third-order valence-corrected chi connectivity index (χ3v) is 4.19. The maximum atomic E-state index is 14.1. The molecule has 2 rings (SSSR count). The predicted octanol–water partition coefficient (Wildman–Crippen LogP) is 2.96. The molecule has 112 valence electrons. The van der Waals surface area contributed by atoms with Gasteiger partial charge < -0.3 is 10.1 Å². The summed E-state index contributed by atoms with van der Waals surface area (Å²) >= 11 is 3.41. The first-order valence-electron chi connectivity index (χ1n) is 7.12. The lowest BCUT2D eigenvalue weighted by Gasteiger charge is -2.37. The SMILES string of the molecule is CCCN1CCOC(C(NC)c2cc(Br)ccc2F)C1. The van der Waals surface area contributed by atoms with Crippen LogP contribution in [0.4, 0.5) is 4.39 Å². The van der Waals surface area contributed by atoms with Crippen LogP contribution >= 0.6 is 15.9 Å². The standard InChI is InChI=1S/C15H22BrFN2O/c1-3-6-19-7-8-20-14(10-19)15(18-2)12-9-11(16)4-5-13(12)17/h4-5,9,14-15,18H,3,6-8,10H2,1-2H3. The van der Waals surface area contributed by atoms with E-state index in [1.54, 1.807) is 6.07 Å². The molecule has 1 aromatic rings. The Morgan fingerprint density at radius 1 is 1.55 bits per heavy atom. The highest BCUT2D eigenvalue weighted by atomic mass is 79.9. The molecule has 0 radical (unpaired) electrons. The average Bonchev–Trinajstić information content (AvgIpc) is 2.44. The van der Waals surface area contributed by atoms with Crippen LogP contribution in [0.25, 0.3) is 0 Å². The molecule has 0 spiro atoms. The quantitative estimate of drug-likeness (QED) is 0.888. The van der Waals surface area contributed by atoms with Crippen molar-refractivity contribution < 1.29 is 9.13 Å². The fraction of sp³-hybridized carbons (Fsp3) is 0.600. The van der Waals surface area contributed by atoms with Crippen molar-refractivity contribution in [3.63, 3.8) is 0 Å². The van der Waals surface area contributed by atoms with E-state index in [0.717, 1.165) is 30.5 Å². The predicted molar refractivity (Wildman–Crippen MR) is 82.4 cm³/mol. The fourth-order valence-corrected chi connectivity index (χ4v) is 3.13. The molecule has 0 amide bonds. The van der Waals surface area contributed by atoms with Crippen molar-refractivity contribution in [2.75, 3.05) is 33.3 Å². The lowest BCUT2D eigenvalue weighted by Crippen LogP contribution is -2.48. The number of hydrogen-bond donors (Lipinski definition) is 1. The number of nitrogens with one attached hydrogen (secondary N) is 1. The average molecular weight is 345 g/mol. The summed E-state index contributed by atoms with van der Waals surface area (Å²) in [5, 5.41) is 3.21. The van der Waals surface area contributed by atoms with Crippen molar-refractivity contribution in [3.05, 3.63) is 34.1 Å². The molecule has 1 saturated heterocycles. The van der Waals surface area contributed by atoms with E-state index in [9.17, 15) is 4.39 Å². The highest BCUT2D eigenvalue weighted by Crippen LogP contribution is 2.27. The highest BCUT2D eigenvalue weighted by molar-refractivity contribution is 9.10. The largest absolute Gasteiger partial charge is 0.374 e. The zero-order chi connectivity index (χ0) is 14.5. The molecule has 3 nitrogen and oxygen atoms in total. The van der Waals surface area contributed by atoms with Gasteiger partial charge in [-0.2, -0.15) is 0 Å². The van der Waals surface area contributed by atoms with E-state index in [2.05, 4.69) is 33.1 Å². The Balaban J connectivity index is 2.16. The zero-order valence-electron chi connectivity index (χ0n) is 12.0. The van der Waals surface area contributed by atoms with Gasteiger partial charge in [0.15, 0.2) is 0 Å². The first kappa shape index (κ1) is 15.9. The summed E-state index contributed by atoms with van der Waals surface area (Å²) < 4.78 is 20.8. The van der Waals surface area contributed by atoms with Gasteiger partial charge in [0.25, 0.3) is 0 Å². The molecule has 2 unspecified atom stereocenters. The number of morpholine rings is 1. The number of nitrogens with zero attached hydrogens (tertiary/aromatic N) is 1. The first-order chi connectivity index (χ1) is 9.65. The minimum atomic E-state index is -0.191. The number of rotatable bonds is 5. The van der Waals surface area contributed by atoms with E-state index in [1.807, 2.05) is 13.1 Å². The molecule has 1 fully saturated rings. The summed E-state index contributed by atoms with van der Waals surface area (Å²) in [6, 6.07) is 4.92. The maximum absolute atomic E-state index is 14.1. The Hall–Kier alpha value is -0.490. The Morgan fingerprint density at radius 3 is 3.05 bits per heavy atom. The summed E-state index contributed by atoms with van der Waals surface area (Å²) in [6.45, 7) is 5.75. The molecule has 20 heavy (non-hydrogen) atoms. The lowest BCUT2D eigenvalue weighted by molar-refractivity contribution is -0.0464. The molecule has 0 aliphatic carbocycles. The second kappa shape index (κ2) is 7.50. The third-order valence-electron chi connectivity index (χ3n) is 3.69. The third kappa shape index (κ3) is 3.79. The second-order valence-corrected chi connectivity index (χ2v) is 6.06. The number of hydrogen-bond acceptors (Lipinski definition) is 3. The van der Waals surface area contributed by atoms with E-state index < -0.39 is 0 Å². The van der Waals surface area contributed by atoms with Gasteiger partial charge in [-0.05, 0) is 38.2 Å². The van der Waals surface area contributed by atoms with Crippen LogP contribution < -0.4 is 5.32 Å². The molecule has 2 atom stereocenters. The van der Waals surface area contributed by atoms with Gasteiger partial charge in [0.05, 0.1) is 18.8 Å². The molecule has 0 aromatic heterocycles. The normalized spacial score (nSPS) is 21.9. The molecule has 5 heteroatoms. The van der Waals surface area contributed by atoms with E-state index >= 15 is 0 Å². The smallest absolute Gasteiger partial charge is 0.128 e. The van der Waals surface area contributed by atoms with Crippen LogP contribution in [0, 0.1) is 5.82 Å². The van der Waals surface area contributed by atoms with E-state index in [0.29, 0.717) is 12.2 Å². The minimum Gasteiger partial charge on any atom is -0.374 e. The summed E-state index contributed by atoms with van der Waals surface area (Å²) in [5.74, 6) is -0.191. The molecular formula is C15H22BrFN2O.